The third kappa shape index (κ3) is 4.02. The fraction of sp³-hybridized carbons (Fsp3) is 0.222. The summed E-state index contributed by atoms with van der Waals surface area (Å²) in [5, 5.41) is 0.717. The fourth-order valence-electron chi connectivity index (χ4n) is 4.85. The number of rotatable bonds is 5. The fourth-order valence-corrected chi connectivity index (χ4v) is 6.28. The van der Waals surface area contributed by atoms with Crippen molar-refractivity contribution in [3.8, 4) is 11.5 Å². The summed E-state index contributed by atoms with van der Waals surface area (Å²) in [6.07, 6.45) is 1.65. The van der Waals surface area contributed by atoms with E-state index in [0.29, 0.717) is 42.4 Å². The quantitative estimate of drug-likeness (QED) is 0.331. The molecule has 2 aromatic heterocycles. The standard InChI is InChI=1S/C27H20Cl2N2O6S/c1-27-21(25(33)34-2)23(16-6-3-4-8-18(16)37-27)31-24(32)20(38-26(31)30-27)12-14-10-11-15(36-14)13-35-19-9-5-7-17(28)22(19)29/h3-12,21,23H,13H2,1-2H3/b20-12+/t21-,23+,27-/m0/s1. The van der Waals surface area contributed by atoms with Gasteiger partial charge in [0.1, 0.15) is 40.6 Å². The molecular weight excluding hydrogens is 551 g/mol. The third-order valence-electron chi connectivity index (χ3n) is 6.58. The average molecular weight is 571 g/mol. The molecule has 194 valence electrons. The van der Waals surface area contributed by atoms with Crippen LogP contribution < -0.4 is 24.4 Å². The summed E-state index contributed by atoms with van der Waals surface area (Å²) in [7, 11) is 1.32. The largest absolute Gasteiger partial charge is 0.484 e. The van der Waals surface area contributed by atoms with E-state index in [4.69, 9.17) is 46.8 Å². The number of nitrogens with zero attached hydrogens (tertiary/aromatic N) is 2. The summed E-state index contributed by atoms with van der Waals surface area (Å²) in [5.74, 6) is 0.686. The molecule has 4 aromatic rings. The number of thiazole rings is 1. The molecule has 0 aliphatic carbocycles. The first-order valence-corrected chi connectivity index (χ1v) is 13.2. The second kappa shape index (κ2) is 9.34. The number of para-hydroxylation sites is 1. The summed E-state index contributed by atoms with van der Waals surface area (Å²) in [6.45, 7) is 1.86. The Balaban J connectivity index is 1.38. The second-order valence-electron chi connectivity index (χ2n) is 8.97. The van der Waals surface area contributed by atoms with Crippen LogP contribution >= 0.6 is 34.5 Å². The predicted octanol–water partition coefficient (Wildman–Crippen LogP) is 4.34. The lowest BCUT2D eigenvalue weighted by Crippen LogP contribution is -2.58. The zero-order chi connectivity index (χ0) is 26.6. The first kappa shape index (κ1) is 24.8. The SMILES string of the molecule is COC(=O)[C@@H]1[C@H]2c3ccccc3O[C@]1(C)N=c1s/c(=C/c3ccc(COc4cccc(Cl)c4Cl)o3)c(=O)n12. The number of esters is 1. The van der Waals surface area contributed by atoms with Gasteiger partial charge < -0.3 is 18.6 Å². The van der Waals surface area contributed by atoms with Gasteiger partial charge in [-0.1, -0.05) is 58.8 Å². The van der Waals surface area contributed by atoms with Crippen LogP contribution in [-0.4, -0.2) is 23.4 Å². The number of carbonyl (C=O) groups excluding carboxylic acids is 1. The van der Waals surface area contributed by atoms with Crippen LogP contribution in [0.25, 0.3) is 6.08 Å². The van der Waals surface area contributed by atoms with E-state index in [-0.39, 0.29) is 12.2 Å². The topological polar surface area (TPSA) is 92.3 Å². The number of aromatic nitrogens is 1. The van der Waals surface area contributed by atoms with Crippen LogP contribution in [0.4, 0.5) is 0 Å². The Kier molecular flexibility index (Phi) is 6.09. The molecule has 0 N–H and O–H groups in total. The van der Waals surface area contributed by atoms with Gasteiger partial charge in [-0.25, -0.2) is 4.99 Å². The summed E-state index contributed by atoms with van der Waals surface area (Å²) < 4.78 is 24.9. The molecule has 0 amide bonds. The van der Waals surface area contributed by atoms with Gasteiger partial charge >= 0.3 is 5.97 Å². The first-order valence-electron chi connectivity index (χ1n) is 11.6. The van der Waals surface area contributed by atoms with Crippen molar-refractivity contribution in [1.29, 1.82) is 0 Å². The molecule has 4 heterocycles. The van der Waals surface area contributed by atoms with Crippen molar-refractivity contribution in [2.75, 3.05) is 7.11 Å². The molecule has 8 nitrogen and oxygen atoms in total. The summed E-state index contributed by atoms with van der Waals surface area (Å²) in [6, 6.07) is 15.3. The highest BCUT2D eigenvalue weighted by atomic mass is 35.5. The molecule has 6 rings (SSSR count). The summed E-state index contributed by atoms with van der Waals surface area (Å²) in [4.78, 5) is 31.7. The van der Waals surface area contributed by atoms with E-state index in [1.165, 1.54) is 18.4 Å². The van der Waals surface area contributed by atoms with Crippen molar-refractivity contribution in [3.05, 3.63) is 101 Å². The van der Waals surface area contributed by atoms with Gasteiger partial charge in [-0.05, 0) is 37.3 Å². The number of hydrogen-bond acceptors (Lipinski definition) is 8. The van der Waals surface area contributed by atoms with E-state index in [1.54, 1.807) is 47.9 Å². The van der Waals surface area contributed by atoms with Crippen molar-refractivity contribution in [2.24, 2.45) is 10.9 Å². The Morgan fingerprint density at radius 3 is 2.82 bits per heavy atom. The number of fused-ring (bicyclic) bond motifs is 6. The molecule has 2 aliphatic rings. The van der Waals surface area contributed by atoms with E-state index in [1.807, 2.05) is 24.3 Å². The Labute approximate surface area is 230 Å². The number of halogens is 2. The third-order valence-corrected chi connectivity index (χ3v) is 8.36. The van der Waals surface area contributed by atoms with Crippen molar-refractivity contribution in [1.82, 2.24) is 4.57 Å². The van der Waals surface area contributed by atoms with E-state index in [2.05, 4.69) is 0 Å². The monoisotopic (exact) mass is 570 g/mol. The van der Waals surface area contributed by atoms with Crippen molar-refractivity contribution < 1.29 is 23.4 Å². The maximum atomic E-state index is 13.7. The van der Waals surface area contributed by atoms with Crippen LogP contribution in [0.5, 0.6) is 11.5 Å². The Hall–Kier alpha value is -3.53. The van der Waals surface area contributed by atoms with Crippen molar-refractivity contribution in [3.63, 3.8) is 0 Å². The van der Waals surface area contributed by atoms with Gasteiger partial charge in [-0.2, -0.15) is 0 Å². The molecule has 3 atom stereocenters. The van der Waals surface area contributed by atoms with E-state index >= 15 is 0 Å². The minimum absolute atomic E-state index is 0.124. The molecule has 38 heavy (non-hydrogen) atoms. The Morgan fingerprint density at radius 1 is 1.18 bits per heavy atom. The van der Waals surface area contributed by atoms with Gasteiger partial charge in [0.15, 0.2) is 4.80 Å². The summed E-state index contributed by atoms with van der Waals surface area (Å²) in [5.41, 5.74) is -0.788. The number of benzene rings is 2. The zero-order valence-electron chi connectivity index (χ0n) is 20.1. The van der Waals surface area contributed by atoms with Gasteiger partial charge in [0, 0.05) is 11.6 Å². The van der Waals surface area contributed by atoms with E-state index in [9.17, 15) is 9.59 Å². The van der Waals surface area contributed by atoms with Crippen LogP contribution in [0.2, 0.25) is 10.0 Å². The average Bonchev–Trinajstić information content (AvgIpc) is 3.47. The van der Waals surface area contributed by atoms with Crippen molar-refractivity contribution >= 4 is 46.6 Å². The molecular formula is C27H20Cl2N2O6S. The number of ether oxygens (including phenoxy) is 3. The normalized spacial score (nSPS) is 21.6. The second-order valence-corrected chi connectivity index (χ2v) is 10.8. The molecule has 0 saturated heterocycles. The molecule has 2 aromatic carbocycles. The number of carbonyl (C=O) groups is 1. The highest BCUT2D eigenvalue weighted by Crippen LogP contribution is 2.47. The maximum absolute atomic E-state index is 13.7. The molecule has 0 spiro atoms. The van der Waals surface area contributed by atoms with Crippen LogP contribution in [-0.2, 0) is 16.1 Å². The van der Waals surface area contributed by atoms with Gasteiger partial charge in [0.25, 0.3) is 5.56 Å². The van der Waals surface area contributed by atoms with Crippen LogP contribution in [0.3, 0.4) is 0 Å². The molecule has 0 unspecified atom stereocenters. The van der Waals surface area contributed by atoms with E-state index in [0.717, 1.165) is 5.56 Å². The molecule has 11 heteroatoms. The molecule has 0 fully saturated rings. The highest BCUT2D eigenvalue weighted by Gasteiger charge is 2.55. The lowest BCUT2D eigenvalue weighted by Gasteiger charge is -2.44. The molecule has 2 bridgehead atoms. The minimum Gasteiger partial charge on any atom is -0.484 e. The van der Waals surface area contributed by atoms with Gasteiger partial charge in [-0.3, -0.25) is 14.2 Å². The van der Waals surface area contributed by atoms with Crippen LogP contribution in [0, 0.1) is 5.92 Å². The van der Waals surface area contributed by atoms with Gasteiger partial charge in [0.05, 0.1) is 22.7 Å². The van der Waals surface area contributed by atoms with Crippen LogP contribution in [0.15, 0.2) is 68.8 Å². The molecule has 0 saturated carbocycles. The van der Waals surface area contributed by atoms with Gasteiger partial charge in [0.2, 0.25) is 5.72 Å². The lowest BCUT2D eigenvalue weighted by molar-refractivity contribution is -0.158. The van der Waals surface area contributed by atoms with E-state index < -0.39 is 23.7 Å². The predicted molar refractivity (Wildman–Crippen MR) is 142 cm³/mol. The first-order chi connectivity index (χ1) is 18.3. The minimum atomic E-state index is -1.22. The van der Waals surface area contributed by atoms with Crippen molar-refractivity contribution in [2.45, 2.75) is 25.3 Å². The smallest absolute Gasteiger partial charge is 0.317 e. The summed E-state index contributed by atoms with van der Waals surface area (Å²) >= 11 is 13.4. The molecule has 0 radical (unpaired) electrons. The highest BCUT2D eigenvalue weighted by molar-refractivity contribution is 7.07. The van der Waals surface area contributed by atoms with Crippen LogP contribution in [0.1, 0.15) is 30.0 Å². The Morgan fingerprint density at radius 2 is 2.00 bits per heavy atom. The molecule has 2 aliphatic heterocycles. The number of hydrogen-bond donors (Lipinski definition) is 0. The number of methoxy groups -OCH3 is 1. The number of furan rings is 1. The maximum Gasteiger partial charge on any atom is 0.317 e. The Bertz CT molecular complexity index is 1760. The zero-order valence-corrected chi connectivity index (χ0v) is 22.5. The lowest BCUT2D eigenvalue weighted by atomic mass is 9.81. The van der Waals surface area contributed by atoms with Gasteiger partial charge in [-0.15, -0.1) is 0 Å².